The van der Waals surface area contributed by atoms with Crippen molar-refractivity contribution in [3.8, 4) is 11.5 Å². The molecule has 1 saturated heterocycles. The molecular weight excluding hydrogens is 242 g/mol. The van der Waals surface area contributed by atoms with Gasteiger partial charge in [0.05, 0.1) is 11.1 Å². The fourth-order valence-electron chi connectivity index (χ4n) is 2.19. The van der Waals surface area contributed by atoms with Gasteiger partial charge in [-0.25, -0.2) is 0 Å². The molecule has 92 valence electrons. The molecule has 2 heterocycles. The molecule has 0 atom stereocenters. The van der Waals surface area contributed by atoms with E-state index in [1.807, 2.05) is 12.1 Å². The van der Waals surface area contributed by atoms with Crippen LogP contribution in [0.1, 0.15) is 5.56 Å². The first kappa shape index (κ1) is 11.1. The molecule has 0 spiro atoms. The summed E-state index contributed by atoms with van der Waals surface area (Å²) >= 11 is 6.15. The van der Waals surface area contributed by atoms with Crippen molar-refractivity contribution in [3.63, 3.8) is 0 Å². The summed E-state index contributed by atoms with van der Waals surface area (Å²) in [5.74, 6) is 1.37. The Bertz CT molecular complexity index is 432. The Kier molecular flexibility index (Phi) is 2.86. The van der Waals surface area contributed by atoms with Crippen LogP contribution in [0.2, 0.25) is 5.02 Å². The minimum Gasteiger partial charge on any atom is -0.486 e. The summed E-state index contributed by atoms with van der Waals surface area (Å²) in [6.07, 6.45) is -0.178. The van der Waals surface area contributed by atoms with Crippen molar-refractivity contribution in [1.29, 1.82) is 0 Å². The van der Waals surface area contributed by atoms with Crippen LogP contribution < -0.4 is 9.47 Å². The SMILES string of the molecule is OC1CN(Cc2cc(Cl)c3c(c2)OCCO3)C1. The Morgan fingerprint density at radius 2 is 2.06 bits per heavy atom. The summed E-state index contributed by atoms with van der Waals surface area (Å²) in [6, 6.07) is 3.87. The first-order valence-electron chi connectivity index (χ1n) is 5.71. The number of benzene rings is 1. The van der Waals surface area contributed by atoms with Gasteiger partial charge in [0.15, 0.2) is 11.5 Å². The van der Waals surface area contributed by atoms with E-state index in [0.717, 1.165) is 30.9 Å². The molecule has 4 nitrogen and oxygen atoms in total. The number of aliphatic hydroxyl groups is 1. The van der Waals surface area contributed by atoms with E-state index in [-0.39, 0.29) is 6.10 Å². The zero-order valence-corrected chi connectivity index (χ0v) is 10.1. The van der Waals surface area contributed by atoms with Crippen LogP contribution in [0.15, 0.2) is 12.1 Å². The van der Waals surface area contributed by atoms with E-state index in [1.165, 1.54) is 0 Å². The van der Waals surface area contributed by atoms with E-state index >= 15 is 0 Å². The molecule has 1 fully saturated rings. The number of halogens is 1. The largest absolute Gasteiger partial charge is 0.486 e. The fraction of sp³-hybridized carbons (Fsp3) is 0.500. The number of aliphatic hydroxyl groups excluding tert-OH is 1. The van der Waals surface area contributed by atoms with Gasteiger partial charge in [0.25, 0.3) is 0 Å². The van der Waals surface area contributed by atoms with Crippen molar-refractivity contribution in [2.24, 2.45) is 0 Å². The zero-order valence-electron chi connectivity index (χ0n) is 9.36. The van der Waals surface area contributed by atoms with E-state index < -0.39 is 0 Å². The molecule has 3 rings (SSSR count). The van der Waals surface area contributed by atoms with Crippen molar-refractivity contribution < 1.29 is 14.6 Å². The quantitative estimate of drug-likeness (QED) is 0.865. The van der Waals surface area contributed by atoms with Crippen LogP contribution in [0.25, 0.3) is 0 Å². The number of β-amino-alcohol motifs (C(OH)–C–C–N with tert-alkyl or cyclic N) is 1. The number of hydrogen-bond acceptors (Lipinski definition) is 4. The molecule has 0 unspecified atom stereocenters. The van der Waals surface area contributed by atoms with E-state index in [2.05, 4.69) is 4.90 Å². The maximum atomic E-state index is 9.23. The first-order chi connectivity index (χ1) is 8.22. The van der Waals surface area contributed by atoms with Crippen LogP contribution in [0.3, 0.4) is 0 Å². The molecule has 0 radical (unpaired) electrons. The van der Waals surface area contributed by atoms with Crippen molar-refractivity contribution in [2.45, 2.75) is 12.6 Å². The lowest BCUT2D eigenvalue weighted by atomic mass is 10.1. The minimum absolute atomic E-state index is 0.178. The molecule has 1 aromatic carbocycles. The number of hydrogen-bond donors (Lipinski definition) is 1. The predicted octanol–water partition coefficient (Wildman–Crippen LogP) is 1.29. The number of ether oxygens (including phenoxy) is 2. The molecular formula is C12H14ClNO3. The van der Waals surface area contributed by atoms with Crippen molar-refractivity contribution in [1.82, 2.24) is 4.90 Å². The minimum atomic E-state index is -0.178. The molecule has 2 aliphatic rings. The van der Waals surface area contributed by atoms with Gasteiger partial charge in [0, 0.05) is 19.6 Å². The van der Waals surface area contributed by atoms with Crippen LogP contribution in [-0.2, 0) is 6.54 Å². The van der Waals surface area contributed by atoms with Crippen molar-refractivity contribution >= 4 is 11.6 Å². The lowest BCUT2D eigenvalue weighted by molar-refractivity contribution is -0.00292. The van der Waals surface area contributed by atoms with Gasteiger partial charge in [-0.2, -0.15) is 0 Å². The highest BCUT2D eigenvalue weighted by Gasteiger charge is 2.25. The zero-order chi connectivity index (χ0) is 11.8. The number of rotatable bonds is 2. The molecule has 0 aromatic heterocycles. The van der Waals surface area contributed by atoms with Crippen LogP contribution in [-0.4, -0.2) is 42.4 Å². The summed E-state index contributed by atoms with van der Waals surface area (Å²) in [7, 11) is 0. The maximum Gasteiger partial charge on any atom is 0.179 e. The van der Waals surface area contributed by atoms with Crippen LogP contribution >= 0.6 is 11.6 Å². The average Bonchev–Trinajstić information content (AvgIpc) is 2.27. The third-order valence-corrected chi connectivity index (χ3v) is 3.28. The smallest absolute Gasteiger partial charge is 0.179 e. The van der Waals surface area contributed by atoms with E-state index in [1.54, 1.807) is 0 Å². The molecule has 1 N–H and O–H groups in total. The van der Waals surface area contributed by atoms with Crippen molar-refractivity contribution in [2.75, 3.05) is 26.3 Å². The molecule has 0 saturated carbocycles. The summed E-state index contributed by atoms with van der Waals surface area (Å²) < 4.78 is 11.0. The Balaban J connectivity index is 1.78. The molecule has 1 aromatic rings. The predicted molar refractivity (Wildman–Crippen MR) is 63.7 cm³/mol. The van der Waals surface area contributed by atoms with Gasteiger partial charge < -0.3 is 14.6 Å². The Labute approximate surface area is 105 Å². The van der Waals surface area contributed by atoms with Gasteiger partial charge in [-0.05, 0) is 17.7 Å². The van der Waals surface area contributed by atoms with Gasteiger partial charge in [-0.3, -0.25) is 4.90 Å². The fourth-order valence-corrected chi connectivity index (χ4v) is 2.47. The highest BCUT2D eigenvalue weighted by atomic mass is 35.5. The van der Waals surface area contributed by atoms with Gasteiger partial charge in [0.2, 0.25) is 0 Å². The van der Waals surface area contributed by atoms with Crippen molar-refractivity contribution in [3.05, 3.63) is 22.7 Å². The summed E-state index contributed by atoms with van der Waals surface area (Å²) in [6.45, 7) is 3.35. The van der Waals surface area contributed by atoms with Gasteiger partial charge >= 0.3 is 0 Å². The lowest BCUT2D eigenvalue weighted by Gasteiger charge is -2.36. The Hall–Kier alpha value is -0.970. The van der Waals surface area contributed by atoms with E-state index in [9.17, 15) is 5.11 Å². The number of fused-ring (bicyclic) bond motifs is 1. The lowest BCUT2D eigenvalue weighted by Crippen LogP contribution is -2.49. The Morgan fingerprint density at radius 3 is 2.82 bits per heavy atom. The Morgan fingerprint density at radius 1 is 1.29 bits per heavy atom. The van der Waals surface area contributed by atoms with Gasteiger partial charge in [-0.15, -0.1) is 0 Å². The highest BCUT2D eigenvalue weighted by Crippen LogP contribution is 2.38. The monoisotopic (exact) mass is 255 g/mol. The standard InChI is InChI=1S/C12H14ClNO3/c13-10-3-8(5-14-6-9(15)7-14)4-11-12(10)17-2-1-16-11/h3-4,9,15H,1-2,5-7H2. The first-order valence-corrected chi connectivity index (χ1v) is 6.08. The van der Waals surface area contributed by atoms with Gasteiger partial charge in [0.1, 0.15) is 13.2 Å². The molecule has 5 heteroatoms. The van der Waals surface area contributed by atoms with E-state index in [0.29, 0.717) is 24.0 Å². The maximum absolute atomic E-state index is 9.23. The molecule has 0 bridgehead atoms. The highest BCUT2D eigenvalue weighted by molar-refractivity contribution is 6.32. The molecule has 2 aliphatic heterocycles. The van der Waals surface area contributed by atoms with E-state index in [4.69, 9.17) is 21.1 Å². The molecule has 0 aliphatic carbocycles. The normalized spacial score (nSPS) is 20.1. The summed E-state index contributed by atoms with van der Waals surface area (Å²) in [5, 5.41) is 9.83. The van der Waals surface area contributed by atoms with Crippen LogP contribution in [0, 0.1) is 0 Å². The summed E-state index contributed by atoms with van der Waals surface area (Å²) in [4.78, 5) is 2.16. The summed E-state index contributed by atoms with van der Waals surface area (Å²) in [5.41, 5.74) is 1.09. The number of nitrogens with zero attached hydrogens (tertiary/aromatic N) is 1. The molecule has 17 heavy (non-hydrogen) atoms. The average molecular weight is 256 g/mol. The van der Waals surface area contributed by atoms with Crippen LogP contribution in [0.4, 0.5) is 0 Å². The molecule has 0 amide bonds. The number of likely N-dealkylation sites (tertiary alicyclic amines) is 1. The topological polar surface area (TPSA) is 41.9 Å². The second-order valence-corrected chi connectivity index (χ2v) is 4.86. The third-order valence-electron chi connectivity index (χ3n) is 3.00. The second-order valence-electron chi connectivity index (χ2n) is 4.45. The van der Waals surface area contributed by atoms with Gasteiger partial charge in [-0.1, -0.05) is 11.6 Å². The second kappa shape index (κ2) is 4.37. The van der Waals surface area contributed by atoms with Crippen LogP contribution in [0.5, 0.6) is 11.5 Å². The third kappa shape index (κ3) is 2.20.